The van der Waals surface area contributed by atoms with Crippen molar-refractivity contribution in [2.75, 3.05) is 19.6 Å². The first kappa shape index (κ1) is 19.1. The Morgan fingerprint density at radius 2 is 2.07 bits per heavy atom. The largest absolute Gasteiger partial charge is 0.370 e. The number of rotatable bonds is 6. The molecule has 0 radical (unpaired) electrons. The normalized spacial score (nSPS) is 22.8. The van der Waals surface area contributed by atoms with E-state index in [2.05, 4.69) is 33.8 Å². The molecule has 1 aliphatic carbocycles. The number of ether oxygens (including phenoxy) is 1. The number of hydrogen-bond acceptors (Lipinski definition) is 5. The maximum atomic E-state index is 12.4. The third-order valence-electron chi connectivity index (χ3n) is 6.02. The van der Waals surface area contributed by atoms with Crippen LogP contribution in [0.15, 0.2) is 48.8 Å². The molecule has 6 heteroatoms. The van der Waals surface area contributed by atoms with Gasteiger partial charge in [0.05, 0.1) is 18.8 Å². The fourth-order valence-electron chi connectivity index (χ4n) is 4.74. The Morgan fingerprint density at radius 3 is 2.82 bits per heavy atom. The smallest absolute Gasteiger partial charge is 0.221 e. The first-order valence-corrected chi connectivity index (χ1v) is 10.0. The maximum Gasteiger partial charge on any atom is 0.221 e. The molecule has 1 aromatic carbocycles. The summed E-state index contributed by atoms with van der Waals surface area (Å²) >= 11 is 0. The van der Waals surface area contributed by atoms with Gasteiger partial charge in [-0.2, -0.15) is 0 Å². The SMILES string of the molecule is NCCC(=O)N[C@H]1c2ccccc2C2(CCNCC2)[C@@H]1OCc1cccnc1. The maximum absolute atomic E-state index is 12.4. The van der Waals surface area contributed by atoms with E-state index in [0.29, 0.717) is 19.6 Å². The molecule has 4 N–H and O–H groups in total. The Hall–Kier alpha value is -2.28. The number of carbonyl (C=O) groups excluding carboxylic acids is 1. The molecule has 1 saturated heterocycles. The summed E-state index contributed by atoms with van der Waals surface area (Å²) in [6.45, 7) is 2.72. The van der Waals surface area contributed by atoms with Crippen LogP contribution in [0, 0.1) is 0 Å². The minimum atomic E-state index is -0.162. The van der Waals surface area contributed by atoms with Gasteiger partial charge in [0, 0.05) is 30.8 Å². The molecule has 2 aromatic rings. The van der Waals surface area contributed by atoms with Crippen molar-refractivity contribution >= 4 is 5.91 Å². The second-order valence-corrected chi connectivity index (χ2v) is 7.67. The van der Waals surface area contributed by atoms with E-state index in [9.17, 15) is 4.79 Å². The van der Waals surface area contributed by atoms with Gasteiger partial charge in [-0.25, -0.2) is 0 Å². The number of pyridine rings is 1. The summed E-state index contributed by atoms with van der Waals surface area (Å²) in [4.78, 5) is 16.6. The number of amides is 1. The molecule has 1 aromatic heterocycles. The molecule has 0 bridgehead atoms. The van der Waals surface area contributed by atoms with Gasteiger partial charge < -0.3 is 21.1 Å². The quantitative estimate of drug-likeness (QED) is 0.711. The van der Waals surface area contributed by atoms with Gasteiger partial charge in [-0.15, -0.1) is 0 Å². The molecule has 0 saturated carbocycles. The minimum absolute atomic E-state index is 0.0248. The van der Waals surface area contributed by atoms with Gasteiger partial charge in [0.2, 0.25) is 5.91 Å². The Bertz CT molecular complexity index is 805. The fraction of sp³-hybridized carbons (Fsp3) is 0.455. The highest BCUT2D eigenvalue weighted by Gasteiger charge is 2.53. The van der Waals surface area contributed by atoms with Crippen molar-refractivity contribution in [3.8, 4) is 0 Å². The van der Waals surface area contributed by atoms with Crippen LogP contribution in [0.3, 0.4) is 0 Å². The van der Waals surface area contributed by atoms with Crippen LogP contribution < -0.4 is 16.4 Å². The zero-order valence-electron chi connectivity index (χ0n) is 16.1. The Kier molecular flexibility index (Phi) is 5.71. The van der Waals surface area contributed by atoms with E-state index in [0.717, 1.165) is 31.5 Å². The van der Waals surface area contributed by atoms with E-state index in [-0.39, 0.29) is 23.5 Å². The van der Waals surface area contributed by atoms with Crippen LogP contribution in [-0.4, -0.2) is 36.6 Å². The monoisotopic (exact) mass is 380 g/mol. The number of aromatic nitrogens is 1. The van der Waals surface area contributed by atoms with Crippen LogP contribution >= 0.6 is 0 Å². The molecule has 1 spiro atoms. The number of carbonyl (C=O) groups is 1. The van der Waals surface area contributed by atoms with Crippen LogP contribution in [0.1, 0.15) is 42.0 Å². The third kappa shape index (κ3) is 3.55. The summed E-state index contributed by atoms with van der Waals surface area (Å²) in [6.07, 6.45) is 5.78. The second-order valence-electron chi connectivity index (χ2n) is 7.67. The van der Waals surface area contributed by atoms with Gasteiger partial charge in [0.15, 0.2) is 0 Å². The van der Waals surface area contributed by atoms with Crippen molar-refractivity contribution in [2.45, 2.75) is 43.4 Å². The summed E-state index contributed by atoms with van der Waals surface area (Å²) in [6, 6.07) is 12.2. The van der Waals surface area contributed by atoms with Crippen LogP contribution in [0.25, 0.3) is 0 Å². The van der Waals surface area contributed by atoms with Gasteiger partial charge in [-0.05, 0) is 48.7 Å². The highest BCUT2D eigenvalue weighted by atomic mass is 16.5. The number of nitrogens with one attached hydrogen (secondary N) is 2. The molecule has 0 unspecified atom stereocenters. The molecule has 2 aliphatic rings. The van der Waals surface area contributed by atoms with Crippen molar-refractivity contribution in [1.29, 1.82) is 0 Å². The Labute approximate surface area is 165 Å². The summed E-state index contributed by atoms with van der Waals surface area (Å²) in [5.41, 5.74) is 9.02. The number of piperidine rings is 1. The van der Waals surface area contributed by atoms with E-state index in [1.165, 1.54) is 11.1 Å². The third-order valence-corrected chi connectivity index (χ3v) is 6.02. The van der Waals surface area contributed by atoms with E-state index >= 15 is 0 Å². The molecule has 28 heavy (non-hydrogen) atoms. The molecule has 2 atom stereocenters. The number of benzene rings is 1. The molecule has 1 aliphatic heterocycles. The lowest BCUT2D eigenvalue weighted by molar-refractivity contribution is -0.123. The number of fused-ring (bicyclic) bond motifs is 2. The predicted octanol–water partition coefficient (Wildman–Crippen LogP) is 1.81. The summed E-state index contributed by atoms with van der Waals surface area (Å²) in [5.74, 6) is -0.0248. The van der Waals surface area contributed by atoms with Crippen molar-refractivity contribution in [2.24, 2.45) is 5.73 Å². The highest BCUT2D eigenvalue weighted by Crippen LogP contribution is 2.51. The van der Waals surface area contributed by atoms with Crippen LogP contribution in [0.5, 0.6) is 0 Å². The zero-order chi connectivity index (χ0) is 19.4. The first-order valence-electron chi connectivity index (χ1n) is 10.0. The van der Waals surface area contributed by atoms with E-state index < -0.39 is 0 Å². The lowest BCUT2D eigenvalue weighted by Crippen LogP contribution is -2.49. The van der Waals surface area contributed by atoms with E-state index in [1.807, 2.05) is 24.4 Å². The number of nitrogens with two attached hydrogens (primary N) is 1. The fourth-order valence-corrected chi connectivity index (χ4v) is 4.74. The molecule has 4 rings (SSSR count). The van der Waals surface area contributed by atoms with Crippen LogP contribution in [0.4, 0.5) is 0 Å². The van der Waals surface area contributed by atoms with Gasteiger partial charge in [0.25, 0.3) is 0 Å². The Morgan fingerprint density at radius 1 is 1.25 bits per heavy atom. The average Bonchev–Trinajstić information content (AvgIpc) is 2.97. The topological polar surface area (TPSA) is 89.3 Å². The highest BCUT2D eigenvalue weighted by molar-refractivity contribution is 5.77. The van der Waals surface area contributed by atoms with Crippen molar-refractivity contribution in [1.82, 2.24) is 15.6 Å². The predicted molar refractivity (Wildman–Crippen MR) is 108 cm³/mol. The molecular weight excluding hydrogens is 352 g/mol. The van der Waals surface area contributed by atoms with E-state index in [1.54, 1.807) is 6.20 Å². The molecule has 1 amide bonds. The average molecular weight is 380 g/mol. The van der Waals surface area contributed by atoms with Crippen LogP contribution in [-0.2, 0) is 21.6 Å². The zero-order valence-corrected chi connectivity index (χ0v) is 16.1. The first-order chi connectivity index (χ1) is 13.7. The number of hydrogen-bond donors (Lipinski definition) is 3. The molecule has 1 fully saturated rings. The van der Waals surface area contributed by atoms with Crippen molar-refractivity contribution in [3.05, 3.63) is 65.5 Å². The minimum Gasteiger partial charge on any atom is -0.370 e. The van der Waals surface area contributed by atoms with Crippen molar-refractivity contribution < 1.29 is 9.53 Å². The van der Waals surface area contributed by atoms with Crippen LogP contribution in [0.2, 0.25) is 0 Å². The molecule has 2 heterocycles. The van der Waals surface area contributed by atoms with Gasteiger partial charge >= 0.3 is 0 Å². The second kappa shape index (κ2) is 8.39. The van der Waals surface area contributed by atoms with Gasteiger partial charge in [-0.3, -0.25) is 9.78 Å². The van der Waals surface area contributed by atoms with Gasteiger partial charge in [-0.1, -0.05) is 30.3 Å². The summed E-state index contributed by atoms with van der Waals surface area (Å²) < 4.78 is 6.54. The Balaban J connectivity index is 1.67. The lowest BCUT2D eigenvalue weighted by atomic mass is 9.72. The molecule has 6 nitrogen and oxygen atoms in total. The lowest BCUT2D eigenvalue weighted by Gasteiger charge is -2.41. The molecule has 148 valence electrons. The molecular formula is C22H28N4O2. The van der Waals surface area contributed by atoms with Crippen molar-refractivity contribution in [3.63, 3.8) is 0 Å². The van der Waals surface area contributed by atoms with E-state index in [4.69, 9.17) is 10.5 Å². The summed E-state index contributed by atoms with van der Waals surface area (Å²) in [7, 11) is 0. The van der Waals surface area contributed by atoms with Gasteiger partial charge in [0.1, 0.15) is 0 Å². The number of nitrogens with zero attached hydrogens (tertiary/aromatic N) is 1. The summed E-state index contributed by atoms with van der Waals surface area (Å²) in [5, 5.41) is 6.68. The standard InChI is InChI=1S/C22H28N4O2/c23-10-7-19(27)26-20-17-5-1-2-6-18(17)22(8-12-24-13-9-22)21(20)28-15-16-4-3-11-25-14-16/h1-6,11,14,20-21,24H,7-10,12-13,15,23H2,(H,26,27)/t20-,21+/m0/s1.